The van der Waals surface area contributed by atoms with E-state index in [4.69, 9.17) is 0 Å². The minimum absolute atomic E-state index is 1.06. The number of benzene rings is 2. The molecule has 3 heteroatoms. The van der Waals surface area contributed by atoms with Crippen LogP contribution in [0.25, 0.3) is 10.9 Å². The summed E-state index contributed by atoms with van der Waals surface area (Å²) in [6, 6.07) is 14.5. The quantitative estimate of drug-likeness (QED) is 0.696. The molecule has 0 saturated heterocycles. The van der Waals surface area contributed by atoms with Gasteiger partial charge in [0, 0.05) is 16.8 Å². The summed E-state index contributed by atoms with van der Waals surface area (Å²) in [6.45, 7) is 2.08. The predicted octanol–water partition coefficient (Wildman–Crippen LogP) is 3.61. The molecule has 0 atom stereocenters. The summed E-state index contributed by atoms with van der Waals surface area (Å²) in [4.78, 5) is 0. The van der Waals surface area contributed by atoms with Crippen LogP contribution in [0.4, 0.5) is 11.4 Å². The third-order valence-electron chi connectivity index (χ3n) is 2.78. The van der Waals surface area contributed by atoms with Crippen LogP contribution in [0, 0.1) is 6.92 Å². The van der Waals surface area contributed by atoms with E-state index in [-0.39, 0.29) is 0 Å². The number of anilines is 2. The van der Waals surface area contributed by atoms with Crippen LogP contribution in [0.2, 0.25) is 0 Å². The number of aryl methyl sites for hydroxylation is 1. The van der Waals surface area contributed by atoms with Crippen molar-refractivity contribution >= 4 is 22.3 Å². The van der Waals surface area contributed by atoms with Crippen LogP contribution in [0.3, 0.4) is 0 Å². The van der Waals surface area contributed by atoms with Gasteiger partial charge in [0.05, 0.1) is 11.7 Å². The summed E-state index contributed by atoms with van der Waals surface area (Å²) >= 11 is 0. The zero-order valence-electron chi connectivity index (χ0n) is 9.57. The molecule has 0 unspecified atom stereocenters. The number of H-pyrrole nitrogens is 1. The van der Waals surface area contributed by atoms with Crippen molar-refractivity contribution in [1.82, 2.24) is 10.2 Å². The standard InChI is InChI=1S/C14H13N3/c1-10-2-4-12(5-3-10)16-13-6-7-14-11(8-13)9-15-17-14/h2-9,16H,1H3,(H,15,17). The molecule has 0 radical (unpaired) electrons. The highest BCUT2D eigenvalue weighted by Gasteiger charge is 1.98. The van der Waals surface area contributed by atoms with Gasteiger partial charge in [-0.25, -0.2) is 0 Å². The van der Waals surface area contributed by atoms with Gasteiger partial charge in [0.25, 0.3) is 0 Å². The molecule has 3 aromatic rings. The van der Waals surface area contributed by atoms with Crippen LogP contribution >= 0.6 is 0 Å². The van der Waals surface area contributed by atoms with Gasteiger partial charge in [-0.2, -0.15) is 5.10 Å². The van der Waals surface area contributed by atoms with E-state index in [0.717, 1.165) is 22.3 Å². The van der Waals surface area contributed by atoms with E-state index in [1.54, 1.807) is 0 Å². The Morgan fingerprint density at radius 1 is 1.00 bits per heavy atom. The lowest BCUT2D eigenvalue weighted by molar-refractivity contribution is 1.12. The van der Waals surface area contributed by atoms with Crippen molar-refractivity contribution in [2.75, 3.05) is 5.32 Å². The second kappa shape index (κ2) is 3.94. The topological polar surface area (TPSA) is 40.7 Å². The van der Waals surface area contributed by atoms with E-state index in [1.165, 1.54) is 5.56 Å². The molecule has 0 fully saturated rings. The number of hydrogen-bond donors (Lipinski definition) is 2. The summed E-state index contributed by atoms with van der Waals surface area (Å²) in [5, 5.41) is 11.4. The molecular weight excluding hydrogens is 210 g/mol. The number of nitrogens with one attached hydrogen (secondary N) is 2. The van der Waals surface area contributed by atoms with Gasteiger partial charge in [-0.05, 0) is 37.3 Å². The first-order valence-corrected chi connectivity index (χ1v) is 5.58. The Morgan fingerprint density at radius 3 is 2.59 bits per heavy atom. The fourth-order valence-electron chi connectivity index (χ4n) is 1.82. The van der Waals surface area contributed by atoms with E-state index < -0.39 is 0 Å². The second-order valence-corrected chi connectivity index (χ2v) is 4.16. The van der Waals surface area contributed by atoms with Crippen LogP contribution < -0.4 is 5.32 Å². The maximum absolute atomic E-state index is 4.01. The monoisotopic (exact) mass is 223 g/mol. The first-order chi connectivity index (χ1) is 8.31. The molecule has 2 aromatic carbocycles. The van der Waals surface area contributed by atoms with Gasteiger partial charge in [-0.15, -0.1) is 0 Å². The molecular formula is C14H13N3. The van der Waals surface area contributed by atoms with Gasteiger partial charge in [-0.3, -0.25) is 5.10 Å². The zero-order chi connectivity index (χ0) is 11.7. The highest BCUT2D eigenvalue weighted by molar-refractivity contribution is 5.82. The van der Waals surface area contributed by atoms with Crippen molar-refractivity contribution in [2.24, 2.45) is 0 Å². The average molecular weight is 223 g/mol. The van der Waals surface area contributed by atoms with E-state index in [0.29, 0.717) is 0 Å². The van der Waals surface area contributed by atoms with Gasteiger partial charge >= 0.3 is 0 Å². The Balaban J connectivity index is 1.91. The predicted molar refractivity (Wildman–Crippen MR) is 70.6 cm³/mol. The maximum Gasteiger partial charge on any atom is 0.0651 e. The molecule has 0 aliphatic heterocycles. The highest BCUT2D eigenvalue weighted by Crippen LogP contribution is 2.21. The van der Waals surface area contributed by atoms with Crippen LogP contribution in [-0.2, 0) is 0 Å². The molecule has 2 N–H and O–H groups in total. The molecule has 0 spiro atoms. The molecule has 0 aliphatic rings. The lowest BCUT2D eigenvalue weighted by Gasteiger charge is -2.06. The molecule has 0 amide bonds. The Labute approximate surface area is 99.5 Å². The van der Waals surface area contributed by atoms with Gasteiger partial charge in [0.2, 0.25) is 0 Å². The molecule has 17 heavy (non-hydrogen) atoms. The van der Waals surface area contributed by atoms with Crippen molar-refractivity contribution in [3.63, 3.8) is 0 Å². The summed E-state index contributed by atoms with van der Waals surface area (Å²) in [7, 11) is 0. The normalized spacial score (nSPS) is 10.6. The molecule has 0 aliphatic carbocycles. The molecule has 3 nitrogen and oxygen atoms in total. The van der Waals surface area contributed by atoms with Gasteiger partial charge in [0.1, 0.15) is 0 Å². The summed E-state index contributed by atoms with van der Waals surface area (Å²) in [5.41, 5.74) is 4.49. The SMILES string of the molecule is Cc1ccc(Nc2ccc3[nH]ncc3c2)cc1. The van der Waals surface area contributed by atoms with Crippen LogP contribution in [0.5, 0.6) is 0 Å². The second-order valence-electron chi connectivity index (χ2n) is 4.16. The number of nitrogens with zero attached hydrogens (tertiary/aromatic N) is 1. The summed E-state index contributed by atoms with van der Waals surface area (Å²) in [5.74, 6) is 0. The van der Waals surface area contributed by atoms with Crippen molar-refractivity contribution in [3.8, 4) is 0 Å². The molecule has 1 heterocycles. The first-order valence-electron chi connectivity index (χ1n) is 5.58. The van der Waals surface area contributed by atoms with Crippen molar-refractivity contribution in [1.29, 1.82) is 0 Å². The van der Waals surface area contributed by atoms with Gasteiger partial charge in [-0.1, -0.05) is 17.7 Å². The van der Waals surface area contributed by atoms with E-state index >= 15 is 0 Å². The van der Waals surface area contributed by atoms with Crippen molar-refractivity contribution < 1.29 is 0 Å². The average Bonchev–Trinajstić information content (AvgIpc) is 2.79. The Kier molecular flexibility index (Phi) is 2.29. The van der Waals surface area contributed by atoms with E-state index in [2.05, 4.69) is 52.8 Å². The third kappa shape index (κ3) is 1.99. The number of rotatable bonds is 2. The lowest BCUT2D eigenvalue weighted by atomic mass is 10.2. The third-order valence-corrected chi connectivity index (χ3v) is 2.78. The molecule has 0 bridgehead atoms. The molecule has 1 aromatic heterocycles. The van der Waals surface area contributed by atoms with Crippen molar-refractivity contribution in [2.45, 2.75) is 6.92 Å². The number of fused-ring (bicyclic) bond motifs is 1. The smallest absolute Gasteiger partial charge is 0.0651 e. The number of aromatic nitrogens is 2. The van der Waals surface area contributed by atoms with Crippen LogP contribution in [0.1, 0.15) is 5.56 Å². The molecule has 3 rings (SSSR count). The maximum atomic E-state index is 4.01. The fraction of sp³-hybridized carbons (Fsp3) is 0.0714. The molecule has 84 valence electrons. The number of aromatic amines is 1. The largest absolute Gasteiger partial charge is 0.356 e. The Hall–Kier alpha value is -2.29. The van der Waals surface area contributed by atoms with Crippen molar-refractivity contribution in [3.05, 3.63) is 54.2 Å². The summed E-state index contributed by atoms with van der Waals surface area (Å²) in [6.07, 6.45) is 1.83. The Morgan fingerprint density at radius 2 is 1.76 bits per heavy atom. The minimum Gasteiger partial charge on any atom is -0.356 e. The van der Waals surface area contributed by atoms with Crippen LogP contribution in [-0.4, -0.2) is 10.2 Å². The molecule has 0 saturated carbocycles. The van der Waals surface area contributed by atoms with Gasteiger partial charge in [0.15, 0.2) is 0 Å². The fourth-order valence-corrected chi connectivity index (χ4v) is 1.82. The van der Waals surface area contributed by atoms with Gasteiger partial charge < -0.3 is 5.32 Å². The van der Waals surface area contributed by atoms with Crippen LogP contribution in [0.15, 0.2) is 48.7 Å². The Bertz CT molecular complexity index is 638. The number of hydrogen-bond acceptors (Lipinski definition) is 2. The first kappa shape index (κ1) is 9.90. The highest BCUT2D eigenvalue weighted by atomic mass is 15.1. The van der Waals surface area contributed by atoms with E-state index in [9.17, 15) is 0 Å². The lowest BCUT2D eigenvalue weighted by Crippen LogP contribution is -1.89. The summed E-state index contributed by atoms with van der Waals surface area (Å²) < 4.78 is 0. The zero-order valence-corrected chi connectivity index (χ0v) is 9.57. The van der Waals surface area contributed by atoms with E-state index in [1.807, 2.05) is 18.3 Å². The minimum atomic E-state index is 1.06.